The van der Waals surface area contributed by atoms with Crippen molar-refractivity contribution in [2.45, 2.75) is 45.7 Å². The van der Waals surface area contributed by atoms with Crippen LogP contribution in [0.25, 0.3) is 22.1 Å². The molecule has 0 saturated carbocycles. The second-order valence-corrected chi connectivity index (χ2v) is 8.37. The monoisotopic (exact) mass is 423 g/mol. The molecule has 156 valence electrons. The van der Waals surface area contributed by atoms with Crippen LogP contribution in [0.1, 0.15) is 50.9 Å². The average Bonchev–Trinajstić information content (AvgIpc) is 3.24. The molecule has 0 aliphatic rings. The Hall–Kier alpha value is -2.86. The van der Waals surface area contributed by atoms with Crippen LogP contribution in [0.2, 0.25) is 5.02 Å². The summed E-state index contributed by atoms with van der Waals surface area (Å²) in [4.78, 5) is 22.1. The number of hydrogen-bond acceptors (Lipinski definition) is 3. The molecule has 6 nitrogen and oxygen atoms in total. The molecule has 0 saturated heterocycles. The van der Waals surface area contributed by atoms with Crippen LogP contribution >= 0.6 is 11.6 Å². The van der Waals surface area contributed by atoms with Crippen LogP contribution in [-0.4, -0.2) is 25.0 Å². The maximum Gasteiger partial charge on any atom is 0.221 e. The molecule has 0 aliphatic heterocycles. The number of carbonyl (C=O) groups excluding carboxylic acids is 1. The van der Waals surface area contributed by atoms with Crippen LogP contribution in [0.15, 0.2) is 42.5 Å². The average molecular weight is 424 g/mol. The molecule has 2 aromatic heterocycles. The second-order valence-electron chi connectivity index (χ2n) is 7.93. The summed E-state index contributed by atoms with van der Waals surface area (Å²) in [5, 5.41) is 3.76. The van der Waals surface area contributed by atoms with Crippen molar-refractivity contribution in [1.82, 2.24) is 24.4 Å². The van der Waals surface area contributed by atoms with Crippen molar-refractivity contribution < 1.29 is 4.79 Å². The minimum absolute atomic E-state index is 0.0186. The summed E-state index contributed by atoms with van der Waals surface area (Å²) >= 11 is 6.07. The third-order valence-electron chi connectivity index (χ3n) is 5.42. The van der Waals surface area contributed by atoms with Crippen LogP contribution < -0.4 is 5.32 Å². The number of nitrogens with one attached hydrogen (secondary N) is 1. The topological polar surface area (TPSA) is 64.7 Å². The molecule has 4 rings (SSSR count). The molecule has 4 aromatic rings. The molecule has 2 aromatic carbocycles. The van der Waals surface area contributed by atoms with E-state index in [4.69, 9.17) is 16.6 Å². The number of halogens is 1. The van der Waals surface area contributed by atoms with Gasteiger partial charge in [0.15, 0.2) is 0 Å². The predicted octanol–water partition coefficient (Wildman–Crippen LogP) is 4.97. The van der Waals surface area contributed by atoms with Crippen molar-refractivity contribution in [3.63, 3.8) is 0 Å². The number of fused-ring (bicyclic) bond motifs is 2. The number of hydrogen-bond donors (Lipinski definition) is 1. The zero-order valence-corrected chi connectivity index (χ0v) is 18.4. The van der Waals surface area contributed by atoms with Gasteiger partial charge in [0.2, 0.25) is 5.91 Å². The van der Waals surface area contributed by atoms with Crippen LogP contribution in [0.5, 0.6) is 0 Å². The van der Waals surface area contributed by atoms with E-state index in [-0.39, 0.29) is 18.0 Å². The molecule has 1 amide bonds. The summed E-state index contributed by atoms with van der Waals surface area (Å²) in [5.74, 6) is 1.72. The molecule has 1 N–H and O–H groups in total. The third kappa shape index (κ3) is 3.79. The number of amides is 1. The molecule has 0 bridgehead atoms. The lowest BCUT2D eigenvalue weighted by atomic mass is 10.2. The van der Waals surface area contributed by atoms with Gasteiger partial charge in [-0.05, 0) is 51.1 Å². The molecule has 0 spiro atoms. The van der Waals surface area contributed by atoms with Gasteiger partial charge in [-0.15, -0.1) is 0 Å². The van der Waals surface area contributed by atoms with Crippen LogP contribution in [0.3, 0.4) is 0 Å². The minimum atomic E-state index is -0.188. The number of nitrogens with zero attached hydrogens (tertiary/aromatic N) is 4. The van der Waals surface area contributed by atoms with Gasteiger partial charge in [-0.1, -0.05) is 23.7 Å². The highest BCUT2D eigenvalue weighted by atomic mass is 35.5. The van der Waals surface area contributed by atoms with Crippen molar-refractivity contribution in [2.75, 3.05) is 0 Å². The van der Waals surface area contributed by atoms with Crippen LogP contribution in [0.4, 0.5) is 0 Å². The molecular weight excluding hydrogens is 398 g/mol. The smallest absolute Gasteiger partial charge is 0.221 e. The van der Waals surface area contributed by atoms with E-state index in [1.807, 2.05) is 54.9 Å². The second kappa shape index (κ2) is 8.11. The lowest BCUT2D eigenvalue weighted by Gasteiger charge is -2.18. The van der Waals surface area contributed by atoms with Gasteiger partial charge in [-0.2, -0.15) is 0 Å². The first-order chi connectivity index (χ1) is 14.3. The number of imidazole rings is 2. The number of rotatable bonds is 6. The van der Waals surface area contributed by atoms with E-state index in [9.17, 15) is 4.79 Å². The van der Waals surface area contributed by atoms with Gasteiger partial charge in [-0.3, -0.25) is 4.79 Å². The third-order valence-corrected chi connectivity index (χ3v) is 5.65. The Kier molecular flexibility index (Phi) is 5.52. The van der Waals surface area contributed by atoms with Crippen LogP contribution in [0, 0.1) is 0 Å². The SMILES string of the molecule is CC(C)n1c([C@H](C)NC(=O)CCc2nc3cc(Cl)ccc3n2C)nc2ccccc21. The van der Waals surface area contributed by atoms with Gasteiger partial charge in [0, 0.05) is 31.0 Å². The molecular formula is C23H26ClN5O. The van der Waals surface area contributed by atoms with Crippen molar-refractivity contribution >= 4 is 39.6 Å². The zero-order chi connectivity index (χ0) is 21.4. The van der Waals surface area contributed by atoms with Crippen molar-refractivity contribution in [1.29, 1.82) is 0 Å². The van der Waals surface area contributed by atoms with E-state index in [2.05, 4.69) is 34.8 Å². The molecule has 30 heavy (non-hydrogen) atoms. The molecule has 0 radical (unpaired) electrons. The first-order valence-electron chi connectivity index (χ1n) is 10.2. The fourth-order valence-corrected chi connectivity index (χ4v) is 4.13. The van der Waals surface area contributed by atoms with E-state index < -0.39 is 0 Å². The Balaban J connectivity index is 1.48. The Morgan fingerprint density at radius 2 is 1.83 bits per heavy atom. The molecule has 2 heterocycles. The summed E-state index contributed by atoms with van der Waals surface area (Å²) < 4.78 is 4.20. The summed E-state index contributed by atoms with van der Waals surface area (Å²) in [7, 11) is 1.96. The Bertz CT molecular complexity index is 1220. The molecule has 0 unspecified atom stereocenters. The Labute approximate surface area is 180 Å². The highest BCUT2D eigenvalue weighted by molar-refractivity contribution is 6.31. The molecule has 0 aliphatic carbocycles. The van der Waals surface area contributed by atoms with Gasteiger partial charge < -0.3 is 14.5 Å². The van der Waals surface area contributed by atoms with Crippen molar-refractivity contribution in [3.05, 3.63) is 59.1 Å². The normalized spacial score (nSPS) is 12.7. The Morgan fingerprint density at radius 1 is 1.07 bits per heavy atom. The van der Waals surface area contributed by atoms with Crippen molar-refractivity contribution in [3.8, 4) is 0 Å². The van der Waals surface area contributed by atoms with E-state index in [0.29, 0.717) is 17.9 Å². The number of benzene rings is 2. The maximum atomic E-state index is 12.7. The number of carbonyl (C=O) groups is 1. The van der Waals surface area contributed by atoms with Gasteiger partial charge in [0.05, 0.1) is 28.1 Å². The first kappa shape index (κ1) is 20.4. The number of aryl methyl sites for hydroxylation is 2. The minimum Gasteiger partial charge on any atom is -0.346 e. The lowest BCUT2D eigenvalue weighted by molar-refractivity contribution is -0.121. The van der Waals surface area contributed by atoms with Crippen LogP contribution in [-0.2, 0) is 18.3 Å². The van der Waals surface area contributed by atoms with E-state index in [1.54, 1.807) is 0 Å². The summed E-state index contributed by atoms with van der Waals surface area (Å²) in [6.07, 6.45) is 0.916. The maximum absolute atomic E-state index is 12.7. The van der Waals surface area contributed by atoms with E-state index >= 15 is 0 Å². The quantitative estimate of drug-likeness (QED) is 0.476. The largest absolute Gasteiger partial charge is 0.346 e. The number of para-hydroxylation sites is 2. The van der Waals surface area contributed by atoms with E-state index in [0.717, 1.165) is 33.7 Å². The lowest BCUT2D eigenvalue weighted by Crippen LogP contribution is -2.29. The van der Waals surface area contributed by atoms with Gasteiger partial charge >= 0.3 is 0 Å². The van der Waals surface area contributed by atoms with Crippen molar-refractivity contribution in [2.24, 2.45) is 7.05 Å². The highest BCUT2D eigenvalue weighted by Gasteiger charge is 2.20. The standard InChI is InChI=1S/C23H26ClN5O/c1-14(2)29-20-8-6-5-7-17(20)27-23(29)15(3)25-22(30)12-11-21-26-18-13-16(24)9-10-19(18)28(21)4/h5-10,13-15H,11-12H2,1-4H3,(H,25,30)/t15-/m0/s1. The van der Waals surface area contributed by atoms with Gasteiger partial charge in [0.1, 0.15) is 11.6 Å². The summed E-state index contributed by atoms with van der Waals surface area (Å²) in [6.45, 7) is 6.24. The summed E-state index contributed by atoms with van der Waals surface area (Å²) in [5.41, 5.74) is 3.89. The Morgan fingerprint density at radius 3 is 2.60 bits per heavy atom. The van der Waals surface area contributed by atoms with E-state index in [1.165, 1.54) is 0 Å². The molecule has 0 fully saturated rings. The number of aromatic nitrogens is 4. The fraction of sp³-hybridized carbons (Fsp3) is 0.348. The molecule has 1 atom stereocenters. The first-order valence-corrected chi connectivity index (χ1v) is 10.6. The zero-order valence-electron chi connectivity index (χ0n) is 17.7. The summed E-state index contributed by atoms with van der Waals surface area (Å²) in [6, 6.07) is 13.8. The van der Waals surface area contributed by atoms with Gasteiger partial charge in [-0.25, -0.2) is 9.97 Å². The van der Waals surface area contributed by atoms with Gasteiger partial charge in [0.25, 0.3) is 0 Å². The highest BCUT2D eigenvalue weighted by Crippen LogP contribution is 2.25. The molecule has 7 heteroatoms. The predicted molar refractivity (Wildman–Crippen MR) is 121 cm³/mol. The fourth-order valence-electron chi connectivity index (χ4n) is 3.96.